The van der Waals surface area contributed by atoms with Crippen molar-refractivity contribution < 1.29 is 9.34 Å². The molecule has 0 radical (unpaired) electrons. The molecule has 5 nitrogen and oxygen atoms in total. The molecule has 0 unspecified atom stereocenters. The van der Waals surface area contributed by atoms with Crippen LogP contribution in [-0.4, -0.2) is 11.5 Å². The Kier molecular flexibility index (Phi) is 2.60. The third-order valence-electron chi connectivity index (χ3n) is 1.21. The highest BCUT2D eigenvalue weighted by atomic mass is 16.6. The molecule has 1 heterocycles. The first-order chi connectivity index (χ1) is 5.74. The summed E-state index contributed by atoms with van der Waals surface area (Å²) in [6, 6.07) is 2.82. The molecule has 0 aliphatic heterocycles. The monoisotopic (exact) mass is 168 g/mol. The zero-order chi connectivity index (χ0) is 8.97. The predicted octanol–water partition coefficient (Wildman–Crippen LogP) is 1.16. The van der Waals surface area contributed by atoms with E-state index >= 15 is 0 Å². The van der Waals surface area contributed by atoms with Gasteiger partial charge in [-0.15, -0.1) is 0 Å². The van der Waals surface area contributed by atoms with Crippen LogP contribution in [0.3, 0.4) is 0 Å². The second-order valence-electron chi connectivity index (χ2n) is 2.07. The fourth-order valence-corrected chi connectivity index (χ4v) is 0.714. The van der Waals surface area contributed by atoms with Crippen LogP contribution < -0.4 is 5.73 Å². The SMILES string of the molecule is NC/C=C/c1ccc([N+](=O)[O-])o1. The van der Waals surface area contributed by atoms with Crippen molar-refractivity contribution in [1.29, 1.82) is 0 Å². The van der Waals surface area contributed by atoms with E-state index in [4.69, 9.17) is 10.2 Å². The minimum Gasteiger partial charge on any atom is -0.401 e. The fraction of sp³-hybridized carbons (Fsp3) is 0.143. The molecule has 0 atom stereocenters. The van der Waals surface area contributed by atoms with Gasteiger partial charge in [-0.3, -0.25) is 10.1 Å². The smallest absolute Gasteiger partial charge is 0.401 e. The molecule has 0 saturated carbocycles. The highest BCUT2D eigenvalue weighted by Gasteiger charge is 2.09. The van der Waals surface area contributed by atoms with Crippen LogP contribution in [0.5, 0.6) is 0 Å². The predicted molar refractivity (Wildman–Crippen MR) is 43.5 cm³/mol. The molecule has 1 aromatic heterocycles. The molecule has 0 amide bonds. The van der Waals surface area contributed by atoms with Crippen molar-refractivity contribution in [2.24, 2.45) is 5.73 Å². The van der Waals surface area contributed by atoms with E-state index < -0.39 is 4.92 Å². The van der Waals surface area contributed by atoms with Crippen molar-refractivity contribution in [3.63, 3.8) is 0 Å². The molecule has 1 rings (SSSR count). The molecule has 0 saturated heterocycles. The average molecular weight is 168 g/mol. The van der Waals surface area contributed by atoms with E-state index in [1.165, 1.54) is 12.1 Å². The summed E-state index contributed by atoms with van der Waals surface area (Å²) in [5.41, 5.74) is 5.18. The number of rotatable bonds is 3. The lowest BCUT2D eigenvalue weighted by atomic mass is 10.4. The number of nitro groups is 1. The van der Waals surface area contributed by atoms with Gasteiger partial charge in [0, 0.05) is 6.54 Å². The summed E-state index contributed by atoms with van der Waals surface area (Å²) < 4.78 is 4.81. The van der Waals surface area contributed by atoms with Crippen LogP contribution >= 0.6 is 0 Å². The van der Waals surface area contributed by atoms with E-state index in [1.54, 1.807) is 12.2 Å². The van der Waals surface area contributed by atoms with Crippen LogP contribution in [0.2, 0.25) is 0 Å². The van der Waals surface area contributed by atoms with Gasteiger partial charge in [-0.05, 0) is 12.1 Å². The Hall–Kier alpha value is -1.62. The summed E-state index contributed by atoms with van der Waals surface area (Å²) in [5, 5.41) is 10.2. The molecule has 0 fully saturated rings. The van der Waals surface area contributed by atoms with Crippen molar-refractivity contribution in [3.05, 3.63) is 34.1 Å². The summed E-state index contributed by atoms with van der Waals surface area (Å²) in [7, 11) is 0. The normalized spacial score (nSPS) is 10.8. The van der Waals surface area contributed by atoms with Crippen LogP contribution in [0.15, 0.2) is 22.6 Å². The van der Waals surface area contributed by atoms with Crippen LogP contribution in [0.25, 0.3) is 6.08 Å². The van der Waals surface area contributed by atoms with Gasteiger partial charge in [0.1, 0.15) is 10.7 Å². The third kappa shape index (κ3) is 1.93. The quantitative estimate of drug-likeness (QED) is 0.542. The van der Waals surface area contributed by atoms with Gasteiger partial charge in [0.2, 0.25) is 0 Å². The molecule has 64 valence electrons. The maximum Gasteiger partial charge on any atom is 0.433 e. The molecule has 2 N–H and O–H groups in total. The van der Waals surface area contributed by atoms with Gasteiger partial charge in [0.15, 0.2) is 0 Å². The molecule has 0 aliphatic carbocycles. The summed E-state index contributed by atoms with van der Waals surface area (Å²) in [5.74, 6) is 0.179. The lowest BCUT2D eigenvalue weighted by molar-refractivity contribution is -0.402. The topological polar surface area (TPSA) is 82.3 Å². The second-order valence-corrected chi connectivity index (χ2v) is 2.07. The molecule has 5 heteroatoms. The zero-order valence-corrected chi connectivity index (χ0v) is 6.27. The van der Waals surface area contributed by atoms with Crippen molar-refractivity contribution in [3.8, 4) is 0 Å². The summed E-state index contributed by atoms with van der Waals surface area (Å²) in [6.07, 6.45) is 3.25. The van der Waals surface area contributed by atoms with Crippen LogP contribution in [0.4, 0.5) is 5.88 Å². The minimum absolute atomic E-state index is 0.258. The summed E-state index contributed by atoms with van der Waals surface area (Å²) in [6.45, 7) is 0.383. The molecule has 0 bridgehead atoms. The molecular formula is C7H8N2O3. The Balaban J connectivity index is 2.77. The Morgan fingerprint density at radius 3 is 2.92 bits per heavy atom. The lowest BCUT2D eigenvalue weighted by Crippen LogP contribution is -1.91. The number of nitrogens with two attached hydrogens (primary N) is 1. The van der Waals surface area contributed by atoms with E-state index in [0.717, 1.165) is 0 Å². The standard InChI is InChI=1S/C7H8N2O3/c8-5-1-2-6-3-4-7(12-6)9(10)11/h1-4H,5,8H2/b2-1+. The van der Waals surface area contributed by atoms with Gasteiger partial charge in [0.25, 0.3) is 0 Å². The summed E-state index contributed by atoms with van der Waals surface area (Å²) in [4.78, 5) is 9.57. The maximum atomic E-state index is 10.2. The van der Waals surface area contributed by atoms with E-state index in [1.807, 2.05) is 0 Å². The van der Waals surface area contributed by atoms with Crippen LogP contribution in [0.1, 0.15) is 5.76 Å². The average Bonchev–Trinajstić information content (AvgIpc) is 2.48. The first kappa shape index (κ1) is 8.48. The molecule has 1 aromatic rings. The van der Waals surface area contributed by atoms with E-state index in [-0.39, 0.29) is 5.88 Å². The van der Waals surface area contributed by atoms with Crippen molar-refractivity contribution in [1.82, 2.24) is 0 Å². The third-order valence-corrected chi connectivity index (χ3v) is 1.21. The lowest BCUT2D eigenvalue weighted by Gasteiger charge is -1.82. The van der Waals surface area contributed by atoms with Gasteiger partial charge in [-0.1, -0.05) is 6.08 Å². The van der Waals surface area contributed by atoms with Gasteiger partial charge < -0.3 is 10.2 Å². The Morgan fingerprint density at radius 2 is 2.42 bits per heavy atom. The largest absolute Gasteiger partial charge is 0.433 e. The number of hydrogen-bond acceptors (Lipinski definition) is 4. The number of furan rings is 1. The van der Waals surface area contributed by atoms with E-state index in [0.29, 0.717) is 12.3 Å². The fourth-order valence-electron chi connectivity index (χ4n) is 0.714. The maximum absolute atomic E-state index is 10.2. The first-order valence-electron chi connectivity index (χ1n) is 3.35. The number of hydrogen-bond donors (Lipinski definition) is 1. The Labute approximate surface area is 68.6 Å². The van der Waals surface area contributed by atoms with Crippen molar-refractivity contribution in [2.75, 3.05) is 6.54 Å². The van der Waals surface area contributed by atoms with Crippen molar-refractivity contribution in [2.45, 2.75) is 0 Å². The van der Waals surface area contributed by atoms with Crippen LogP contribution in [-0.2, 0) is 0 Å². The zero-order valence-electron chi connectivity index (χ0n) is 6.27. The van der Waals surface area contributed by atoms with E-state index in [2.05, 4.69) is 0 Å². The van der Waals surface area contributed by atoms with Crippen molar-refractivity contribution >= 4 is 12.0 Å². The molecule has 0 spiro atoms. The Bertz CT molecular complexity index is 303. The minimum atomic E-state index is -0.584. The highest BCUT2D eigenvalue weighted by Crippen LogP contribution is 2.16. The van der Waals surface area contributed by atoms with E-state index in [9.17, 15) is 10.1 Å². The molecule has 0 aliphatic rings. The number of nitrogens with zero attached hydrogens (tertiary/aromatic N) is 1. The first-order valence-corrected chi connectivity index (χ1v) is 3.35. The summed E-state index contributed by atoms with van der Waals surface area (Å²) >= 11 is 0. The van der Waals surface area contributed by atoms with Gasteiger partial charge in [0.05, 0.1) is 6.07 Å². The molecule has 0 aromatic carbocycles. The van der Waals surface area contributed by atoms with Gasteiger partial charge in [-0.2, -0.15) is 0 Å². The van der Waals surface area contributed by atoms with Crippen LogP contribution in [0, 0.1) is 10.1 Å². The molecule has 12 heavy (non-hydrogen) atoms. The Morgan fingerprint density at radius 1 is 1.67 bits per heavy atom. The van der Waals surface area contributed by atoms with Gasteiger partial charge >= 0.3 is 5.88 Å². The van der Waals surface area contributed by atoms with Gasteiger partial charge in [-0.25, -0.2) is 0 Å². The molecular weight excluding hydrogens is 160 g/mol. The second kappa shape index (κ2) is 3.68. The highest BCUT2D eigenvalue weighted by molar-refractivity contribution is 5.44.